The van der Waals surface area contributed by atoms with Gasteiger partial charge in [-0.15, -0.1) is 12.4 Å². The maximum atomic E-state index is 12.8. The predicted molar refractivity (Wildman–Crippen MR) is 118 cm³/mol. The number of fused-ring (bicyclic) bond motifs is 1. The van der Waals surface area contributed by atoms with Gasteiger partial charge in [-0.3, -0.25) is 4.98 Å². The van der Waals surface area contributed by atoms with Crippen LogP contribution in [0.4, 0.5) is 5.69 Å². The van der Waals surface area contributed by atoms with Gasteiger partial charge in [0.15, 0.2) is 0 Å². The zero-order valence-corrected chi connectivity index (χ0v) is 17.7. The molecule has 3 aromatic rings. The summed E-state index contributed by atoms with van der Waals surface area (Å²) in [4.78, 5) is 4.97. The summed E-state index contributed by atoms with van der Waals surface area (Å²) in [6, 6.07) is 16.0. The van der Waals surface area contributed by atoms with Gasteiger partial charge in [0.2, 0.25) is 9.84 Å². The second kappa shape index (κ2) is 9.57. The van der Waals surface area contributed by atoms with Gasteiger partial charge >= 0.3 is 0 Å². The van der Waals surface area contributed by atoms with E-state index < -0.39 is 9.84 Å². The number of sulfone groups is 1. The van der Waals surface area contributed by atoms with Gasteiger partial charge in [0.05, 0.1) is 21.0 Å². The number of pyridine rings is 1. The van der Waals surface area contributed by atoms with Crippen LogP contribution >= 0.6 is 12.4 Å². The molecule has 7 heteroatoms. The van der Waals surface area contributed by atoms with E-state index in [2.05, 4.69) is 10.3 Å². The van der Waals surface area contributed by atoms with E-state index in [0.717, 1.165) is 55.6 Å². The van der Waals surface area contributed by atoms with Crippen LogP contribution in [0, 0.1) is 5.92 Å². The lowest BCUT2D eigenvalue weighted by Gasteiger charge is -2.22. The third kappa shape index (κ3) is 4.89. The Morgan fingerprint density at radius 1 is 1.00 bits per heavy atom. The van der Waals surface area contributed by atoms with E-state index in [1.54, 1.807) is 36.4 Å². The van der Waals surface area contributed by atoms with Crippen LogP contribution in [0.5, 0.6) is 0 Å². The van der Waals surface area contributed by atoms with Crippen molar-refractivity contribution in [1.29, 1.82) is 0 Å². The molecule has 0 radical (unpaired) electrons. The molecule has 1 fully saturated rings. The minimum absolute atomic E-state index is 0. The van der Waals surface area contributed by atoms with Gasteiger partial charge in [-0.2, -0.15) is 0 Å². The summed E-state index contributed by atoms with van der Waals surface area (Å²) in [6.45, 7) is 2.59. The summed E-state index contributed by atoms with van der Waals surface area (Å²) in [5.74, 6) is 0.701. The fraction of sp³-hybridized carbons (Fsp3) is 0.318. The van der Waals surface area contributed by atoms with Crippen LogP contribution in [0.15, 0.2) is 70.6 Å². The molecule has 0 saturated carbocycles. The number of para-hydroxylation sites is 1. The Morgan fingerprint density at radius 3 is 2.52 bits per heavy atom. The van der Waals surface area contributed by atoms with Crippen LogP contribution in [-0.4, -0.2) is 33.2 Å². The molecule has 1 aromatic heterocycles. The summed E-state index contributed by atoms with van der Waals surface area (Å²) < 4.78 is 31.1. The molecule has 154 valence electrons. The first-order valence-electron chi connectivity index (χ1n) is 9.65. The number of aromatic nitrogens is 1. The van der Waals surface area contributed by atoms with E-state index >= 15 is 0 Å². The number of hydrogen-bond acceptors (Lipinski definition) is 5. The molecule has 5 nitrogen and oxygen atoms in total. The molecule has 2 aromatic carbocycles. The molecule has 1 aliphatic heterocycles. The lowest BCUT2D eigenvalue weighted by atomic mass is 9.96. The fourth-order valence-corrected chi connectivity index (χ4v) is 4.87. The zero-order chi connectivity index (χ0) is 19.4. The highest BCUT2D eigenvalue weighted by Gasteiger charge is 2.19. The Morgan fingerprint density at radius 2 is 1.76 bits per heavy atom. The Kier molecular flexibility index (Phi) is 7.11. The summed E-state index contributed by atoms with van der Waals surface area (Å²) in [5, 5.41) is 4.29. The monoisotopic (exact) mass is 432 g/mol. The van der Waals surface area contributed by atoms with Gasteiger partial charge in [0.1, 0.15) is 0 Å². The van der Waals surface area contributed by atoms with Crippen molar-refractivity contribution in [3.05, 3.63) is 60.8 Å². The van der Waals surface area contributed by atoms with Crippen LogP contribution in [0.25, 0.3) is 10.9 Å². The van der Waals surface area contributed by atoms with Crippen molar-refractivity contribution in [2.45, 2.75) is 29.1 Å². The quantitative estimate of drug-likeness (QED) is 0.610. The third-order valence-electron chi connectivity index (χ3n) is 5.26. The molecule has 1 aliphatic rings. The SMILES string of the molecule is Cl.O=S(=O)(c1ccccc1)c1cnc2c(NCCC3CCOCC3)cccc2c1. The van der Waals surface area contributed by atoms with E-state index in [1.165, 1.54) is 6.20 Å². The molecule has 1 saturated heterocycles. The van der Waals surface area contributed by atoms with Crippen molar-refractivity contribution in [1.82, 2.24) is 4.98 Å². The van der Waals surface area contributed by atoms with Crippen LogP contribution < -0.4 is 5.32 Å². The number of ether oxygens (including phenoxy) is 1. The lowest BCUT2D eigenvalue weighted by molar-refractivity contribution is 0.0649. The summed E-state index contributed by atoms with van der Waals surface area (Å²) >= 11 is 0. The normalized spacial score (nSPS) is 15.0. The van der Waals surface area contributed by atoms with Crippen LogP contribution in [-0.2, 0) is 14.6 Å². The molecule has 0 amide bonds. The van der Waals surface area contributed by atoms with Gasteiger partial charge in [-0.25, -0.2) is 8.42 Å². The molecular formula is C22H25ClN2O3S. The van der Waals surface area contributed by atoms with Crippen LogP contribution in [0.2, 0.25) is 0 Å². The highest BCUT2D eigenvalue weighted by Crippen LogP contribution is 2.27. The standard InChI is InChI=1S/C22H24N2O3S.ClH/c25-28(26,19-6-2-1-3-7-19)20-15-18-5-4-8-21(22(18)24-16-20)23-12-9-17-10-13-27-14-11-17;/h1-8,15-17,23H,9-14H2;1H. The number of halogens is 1. The number of anilines is 1. The number of hydrogen-bond donors (Lipinski definition) is 1. The number of benzene rings is 2. The topological polar surface area (TPSA) is 68.3 Å². The average molecular weight is 433 g/mol. The van der Waals surface area contributed by atoms with E-state index in [4.69, 9.17) is 4.74 Å². The van der Waals surface area contributed by atoms with Gasteiger partial charge in [0, 0.05) is 31.3 Å². The number of nitrogens with one attached hydrogen (secondary N) is 1. The van der Waals surface area contributed by atoms with E-state index in [-0.39, 0.29) is 22.2 Å². The number of nitrogens with zero attached hydrogens (tertiary/aromatic N) is 1. The second-order valence-corrected chi connectivity index (χ2v) is 9.09. The molecule has 29 heavy (non-hydrogen) atoms. The summed E-state index contributed by atoms with van der Waals surface area (Å²) in [7, 11) is -3.57. The van der Waals surface area contributed by atoms with Crippen molar-refractivity contribution < 1.29 is 13.2 Å². The third-order valence-corrected chi connectivity index (χ3v) is 7.00. The van der Waals surface area contributed by atoms with E-state index in [0.29, 0.717) is 5.92 Å². The largest absolute Gasteiger partial charge is 0.383 e. The Bertz CT molecular complexity index is 1050. The molecule has 0 atom stereocenters. The molecule has 4 rings (SSSR count). The first kappa shape index (κ1) is 21.6. The Hall–Kier alpha value is -2.15. The maximum Gasteiger partial charge on any atom is 0.208 e. The van der Waals surface area contributed by atoms with Crippen LogP contribution in [0.3, 0.4) is 0 Å². The van der Waals surface area contributed by atoms with Crippen LogP contribution in [0.1, 0.15) is 19.3 Å². The Balaban J connectivity index is 0.00000240. The highest BCUT2D eigenvalue weighted by molar-refractivity contribution is 7.91. The van der Waals surface area contributed by atoms with E-state index in [1.807, 2.05) is 18.2 Å². The Labute approximate surface area is 177 Å². The molecule has 1 N–H and O–H groups in total. The minimum Gasteiger partial charge on any atom is -0.383 e. The first-order valence-corrected chi connectivity index (χ1v) is 11.1. The molecule has 0 unspecified atom stereocenters. The number of rotatable bonds is 6. The molecule has 2 heterocycles. The van der Waals surface area contributed by atoms with E-state index in [9.17, 15) is 8.42 Å². The highest BCUT2D eigenvalue weighted by atomic mass is 35.5. The predicted octanol–water partition coefficient (Wildman–Crippen LogP) is 4.72. The lowest BCUT2D eigenvalue weighted by Crippen LogP contribution is -2.18. The summed E-state index contributed by atoms with van der Waals surface area (Å²) in [6.07, 6.45) is 4.79. The fourth-order valence-electron chi connectivity index (χ4n) is 3.61. The van der Waals surface area contributed by atoms with Crippen molar-refractivity contribution in [2.24, 2.45) is 5.92 Å². The summed E-state index contributed by atoms with van der Waals surface area (Å²) in [5.41, 5.74) is 1.73. The zero-order valence-electron chi connectivity index (χ0n) is 16.1. The molecule has 0 bridgehead atoms. The second-order valence-electron chi connectivity index (χ2n) is 7.14. The van der Waals surface area contributed by atoms with Gasteiger partial charge in [-0.1, -0.05) is 30.3 Å². The molecule has 0 aliphatic carbocycles. The first-order chi connectivity index (χ1) is 13.6. The molecular weight excluding hydrogens is 408 g/mol. The van der Waals surface area contributed by atoms with Crippen molar-refractivity contribution in [3.8, 4) is 0 Å². The van der Waals surface area contributed by atoms with Gasteiger partial charge < -0.3 is 10.1 Å². The van der Waals surface area contributed by atoms with Crippen molar-refractivity contribution in [2.75, 3.05) is 25.1 Å². The van der Waals surface area contributed by atoms with Gasteiger partial charge in [-0.05, 0) is 49.4 Å². The van der Waals surface area contributed by atoms with Crippen molar-refractivity contribution in [3.63, 3.8) is 0 Å². The maximum absolute atomic E-state index is 12.8. The smallest absolute Gasteiger partial charge is 0.208 e. The van der Waals surface area contributed by atoms with Gasteiger partial charge in [0.25, 0.3) is 0 Å². The molecule has 0 spiro atoms. The average Bonchev–Trinajstić information content (AvgIpc) is 2.75. The van der Waals surface area contributed by atoms with Crippen molar-refractivity contribution >= 4 is 38.8 Å². The minimum atomic E-state index is -3.57.